The Balaban J connectivity index is 3.05. The highest BCUT2D eigenvalue weighted by molar-refractivity contribution is 7.91. The largest absolute Gasteiger partial charge is 0.326 e. The second-order valence-corrected chi connectivity index (χ2v) is 9.11. The van der Waals surface area contributed by atoms with E-state index in [0.29, 0.717) is 17.3 Å². The first kappa shape index (κ1) is 15.6. The lowest BCUT2D eigenvalue weighted by molar-refractivity contribution is 0.311. The quantitative estimate of drug-likeness (QED) is 0.924. The lowest BCUT2D eigenvalue weighted by Crippen LogP contribution is -2.34. The Bertz CT molecular complexity index is 513. The van der Waals surface area contributed by atoms with E-state index in [1.54, 1.807) is 13.1 Å². The van der Waals surface area contributed by atoms with Gasteiger partial charge in [0.2, 0.25) is 0 Å². The van der Waals surface area contributed by atoms with Crippen LogP contribution in [0.1, 0.15) is 31.2 Å². The van der Waals surface area contributed by atoms with Crippen molar-refractivity contribution in [3.05, 3.63) is 16.5 Å². The minimum absolute atomic E-state index is 0.0647. The van der Waals surface area contributed by atoms with Crippen molar-refractivity contribution in [2.75, 3.05) is 13.6 Å². The Morgan fingerprint density at radius 2 is 1.94 bits per heavy atom. The molecular weight excluding hydrogens is 268 g/mol. The molecule has 0 saturated carbocycles. The van der Waals surface area contributed by atoms with Crippen molar-refractivity contribution in [3.8, 4) is 0 Å². The molecule has 0 aliphatic carbocycles. The van der Waals surface area contributed by atoms with Crippen molar-refractivity contribution < 1.29 is 8.42 Å². The Kier molecular flexibility index (Phi) is 4.59. The van der Waals surface area contributed by atoms with Gasteiger partial charge in [-0.1, -0.05) is 20.8 Å². The average Bonchev–Trinajstić information content (AvgIpc) is 2.57. The van der Waals surface area contributed by atoms with Gasteiger partial charge >= 0.3 is 0 Å². The summed E-state index contributed by atoms with van der Waals surface area (Å²) in [5, 5.41) is 0. The second-order valence-electron chi connectivity index (χ2n) is 5.70. The van der Waals surface area contributed by atoms with E-state index in [0.717, 1.165) is 10.4 Å². The molecule has 0 bridgehead atoms. The van der Waals surface area contributed by atoms with Crippen LogP contribution in [-0.4, -0.2) is 26.3 Å². The molecule has 0 unspecified atom stereocenters. The monoisotopic (exact) mass is 290 g/mol. The molecule has 0 radical (unpaired) electrons. The molecule has 0 aliphatic rings. The third-order valence-corrected chi connectivity index (χ3v) is 6.06. The molecule has 0 spiro atoms. The average molecular weight is 290 g/mol. The van der Waals surface area contributed by atoms with Crippen LogP contribution in [0, 0.1) is 12.3 Å². The predicted octanol–water partition coefficient (Wildman–Crippen LogP) is 2.18. The Morgan fingerprint density at radius 3 is 2.33 bits per heavy atom. The van der Waals surface area contributed by atoms with Crippen molar-refractivity contribution in [1.82, 2.24) is 4.31 Å². The zero-order valence-corrected chi connectivity index (χ0v) is 13.3. The van der Waals surface area contributed by atoms with Crippen molar-refractivity contribution >= 4 is 21.4 Å². The molecular formula is C12H22N2O2S2. The zero-order chi connectivity index (χ0) is 14.1. The van der Waals surface area contributed by atoms with Crippen LogP contribution in [-0.2, 0) is 16.6 Å². The predicted molar refractivity (Wildman–Crippen MR) is 76.2 cm³/mol. The highest BCUT2D eigenvalue weighted by atomic mass is 32.2. The fourth-order valence-corrected chi connectivity index (χ4v) is 4.80. The summed E-state index contributed by atoms with van der Waals surface area (Å²) in [5.74, 6) is 0. The van der Waals surface area contributed by atoms with Gasteiger partial charge in [0, 0.05) is 25.0 Å². The number of thiophene rings is 1. The minimum Gasteiger partial charge on any atom is -0.326 e. The number of rotatable bonds is 4. The fourth-order valence-electron chi connectivity index (χ4n) is 1.72. The van der Waals surface area contributed by atoms with Gasteiger partial charge in [-0.3, -0.25) is 0 Å². The maximum absolute atomic E-state index is 12.4. The summed E-state index contributed by atoms with van der Waals surface area (Å²) in [7, 11) is -1.76. The summed E-state index contributed by atoms with van der Waals surface area (Å²) in [6.45, 7) is 8.82. The second kappa shape index (κ2) is 5.28. The van der Waals surface area contributed by atoms with Crippen molar-refractivity contribution in [2.45, 2.75) is 38.4 Å². The summed E-state index contributed by atoms with van der Waals surface area (Å²) in [5.41, 5.74) is 6.47. The van der Waals surface area contributed by atoms with Gasteiger partial charge in [0.05, 0.1) is 0 Å². The number of hydrogen-bond donors (Lipinski definition) is 1. The standard InChI is InChI=1S/C12H22N2O2S2/c1-9-6-11(17-10(9)7-13)18(15,16)14(5)8-12(2,3)4/h6H,7-8,13H2,1-5H3. The molecule has 1 heterocycles. The molecule has 1 aromatic rings. The van der Waals surface area contributed by atoms with Crippen LogP contribution in [0.3, 0.4) is 0 Å². The smallest absolute Gasteiger partial charge is 0.252 e. The molecule has 6 heteroatoms. The molecule has 0 aliphatic heterocycles. The van der Waals surface area contributed by atoms with E-state index in [9.17, 15) is 8.42 Å². The summed E-state index contributed by atoms with van der Waals surface area (Å²) < 4.78 is 26.6. The first-order chi connectivity index (χ1) is 8.08. The van der Waals surface area contributed by atoms with Gasteiger partial charge in [-0.15, -0.1) is 11.3 Å². The SMILES string of the molecule is Cc1cc(S(=O)(=O)N(C)CC(C)(C)C)sc1CN. The number of aryl methyl sites for hydroxylation is 1. The molecule has 1 aromatic heterocycles. The number of nitrogens with zero attached hydrogens (tertiary/aromatic N) is 1. The summed E-state index contributed by atoms with van der Waals surface area (Å²) >= 11 is 1.27. The van der Waals surface area contributed by atoms with E-state index in [4.69, 9.17) is 5.73 Å². The van der Waals surface area contributed by atoms with Crippen LogP contribution in [0.5, 0.6) is 0 Å². The van der Waals surface area contributed by atoms with Crippen LogP contribution in [0.4, 0.5) is 0 Å². The molecule has 0 atom stereocenters. The van der Waals surface area contributed by atoms with Gasteiger partial charge in [-0.2, -0.15) is 4.31 Å². The van der Waals surface area contributed by atoms with E-state index >= 15 is 0 Å². The molecule has 2 N–H and O–H groups in total. The molecule has 0 aromatic carbocycles. The normalized spacial score (nSPS) is 13.3. The third kappa shape index (κ3) is 3.54. The van der Waals surface area contributed by atoms with E-state index in [1.807, 2.05) is 27.7 Å². The Labute approximate surface area is 114 Å². The molecule has 0 fully saturated rings. The van der Waals surface area contributed by atoms with Crippen LogP contribution in [0.15, 0.2) is 10.3 Å². The van der Waals surface area contributed by atoms with E-state index < -0.39 is 10.0 Å². The summed E-state index contributed by atoms with van der Waals surface area (Å²) in [6.07, 6.45) is 0. The summed E-state index contributed by atoms with van der Waals surface area (Å²) in [4.78, 5) is 0.928. The number of sulfonamides is 1. The van der Waals surface area contributed by atoms with Crippen molar-refractivity contribution in [3.63, 3.8) is 0 Å². The first-order valence-corrected chi connectivity index (χ1v) is 8.09. The van der Waals surface area contributed by atoms with Gasteiger partial charge in [0.25, 0.3) is 10.0 Å². The molecule has 0 amide bonds. The van der Waals surface area contributed by atoms with Crippen molar-refractivity contribution in [2.24, 2.45) is 11.1 Å². The molecule has 4 nitrogen and oxygen atoms in total. The molecule has 1 rings (SSSR count). The fraction of sp³-hybridized carbons (Fsp3) is 0.667. The van der Waals surface area contributed by atoms with Crippen molar-refractivity contribution in [1.29, 1.82) is 0 Å². The van der Waals surface area contributed by atoms with Gasteiger partial charge in [0.1, 0.15) is 4.21 Å². The van der Waals surface area contributed by atoms with E-state index in [2.05, 4.69) is 0 Å². The van der Waals surface area contributed by atoms with E-state index in [-0.39, 0.29) is 5.41 Å². The summed E-state index contributed by atoms with van der Waals surface area (Å²) in [6, 6.07) is 1.71. The van der Waals surface area contributed by atoms with Gasteiger partial charge in [-0.05, 0) is 24.0 Å². The van der Waals surface area contributed by atoms with Gasteiger partial charge < -0.3 is 5.73 Å². The highest BCUT2D eigenvalue weighted by Crippen LogP contribution is 2.29. The third-order valence-electron chi connectivity index (χ3n) is 2.54. The Hall–Kier alpha value is -0.430. The van der Waals surface area contributed by atoms with Crippen LogP contribution in [0.2, 0.25) is 0 Å². The van der Waals surface area contributed by atoms with Crippen LogP contribution < -0.4 is 5.73 Å². The number of nitrogens with two attached hydrogens (primary N) is 1. The van der Waals surface area contributed by atoms with Gasteiger partial charge in [0.15, 0.2) is 0 Å². The lowest BCUT2D eigenvalue weighted by atomic mass is 9.97. The zero-order valence-electron chi connectivity index (χ0n) is 11.6. The van der Waals surface area contributed by atoms with E-state index in [1.165, 1.54) is 15.6 Å². The lowest BCUT2D eigenvalue weighted by Gasteiger charge is -2.25. The van der Waals surface area contributed by atoms with Crippen LogP contribution >= 0.6 is 11.3 Å². The number of hydrogen-bond acceptors (Lipinski definition) is 4. The first-order valence-electron chi connectivity index (χ1n) is 5.83. The topological polar surface area (TPSA) is 63.4 Å². The Morgan fingerprint density at radius 1 is 1.39 bits per heavy atom. The highest BCUT2D eigenvalue weighted by Gasteiger charge is 2.27. The maximum atomic E-state index is 12.4. The minimum atomic E-state index is -3.39. The van der Waals surface area contributed by atoms with Gasteiger partial charge in [-0.25, -0.2) is 8.42 Å². The van der Waals surface area contributed by atoms with Crippen LogP contribution in [0.25, 0.3) is 0 Å². The molecule has 0 saturated heterocycles. The maximum Gasteiger partial charge on any atom is 0.252 e. The molecule has 18 heavy (non-hydrogen) atoms. The molecule has 104 valence electrons.